The van der Waals surface area contributed by atoms with E-state index < -0.39 is 17.6 Å². The van der Waals surface area contributed by atoms with Crippen LogP contribution in [0.3, 0.4) is 0 Å². The second-order valence-corrected chi connectivity index (χ2v) is 9.59. The smallest absolute Gasteiger partial charge is 0.352 e. The maximum atomic E-state index is 12.0. The number of amides is 3. The summed E-state index contributed by atoms with van der Waals surface area (Å²) < 4.78 is 3.34. The molecule has 0 atom stereocenters. The summed E-state index contributed by atoms with van der Waals surface area (Å²) >= 11 is 0. The Bertz CT molecular complexity index is 1310. The fourth-order valence-electron chi connectivity index (χ4n) is 2.66. The predicted molar refractivity (Wildman–Crippen MR) is 140 cm³/mol. The molecule has 3 aromatic heterocycles. The van der Waals surface area contributed by atoms with Gasteiger partial charge in [-0.1, -0.05) is 20.1 Å². The van der Waals surface area contributed by atoms with Crippen LogP contribution in [0.4, 0.5) is 10.6 Å². The zero-order valence-electron chi connectivity index (χ0n) is 21.0. The zero-order valence-corrected chi connectivity index (χ0v) is 21.0. The monoisotopic (exact) mass is 521 g/mol. The van der Waals surface area contributed by atoms with Crippen LogP contribution in [0.5, 0.6) is 0 Å². The molecule has 0 radical (unpaired) electrons. The first-order chi connectivity index (χ1) is 16.1. The SMILES string of the molecule is C.C.CNC(=O)n1cnc(C(=O)NC(C)(C)C)c1N.Cn1nnc2c(C(=O)NC(C)(C)C)ncn2c1=O. The first kappa shape index (κ1) is 32.7. The van der Waals surface area contributed by atoms with Crippen molar-refractivity contribution in [2.75, 3.05) is 12.8 Å². The minimum atomic E-state index is -0.440. The average molecular weight is 522 g/mol. The number of hydrogen-bond donors (Lipinski definition) is 4. The van der Waals surface area contributed by atoms with E-state index in [0.717, 1.165) is 9.25 Å². The van der Waals surface area contributed by atoms with Gasteiger partial charge in [-0.2, -0.15) is 4.68 Å². The van der Waals surface area contributed by atoms with E-state index in [-0.39, 0.29) is 54.7 Å². The largest absolute Gasteiger partial charge is 0.383 e. The summed E-state index contributed by atoms with van der Waals surface area (Å²) in [5, 5.41) is 15.3. The van der Waals surface area contributed by atoms with Gasteiger partial charge in [0.15, 0.2) is 17.0 Å². The highest BCUT2D eigenvalue weighted by Gasteiger charge is 2.23. The van der Waals surface area contributed by atoms with Gasteiger partial charge in [-0.3, -0.25) is 9.59 Å². The Morgan fingerprint density at radius 2 is 1.38 bits per heavy atom. The molecule has 3 amide bonds. The van der Waals surface area contributed by atoms with E-state index in [1.54, 1.807) is 0 Å². The summed E-state index contributed by atoms with van der Waals surface area (Å²) in [7, 11) is 2.94. The van der Waals surface area contributed by atoms with Gasteiger partial charge in [-0.05, 0) is 41.5 Å². The molecule has 0 aromatic carbocycles. The molecule has 0 saturated carbocycles. The van der Waals surface area contributed by atoms with E-state index in [2.05, 4.69) is 36.2 Å². The molecule has 3 heterocycles. The van der Waals surface area contributed by atoms with Crippen LogP contribution >= 0.6 is 0 Å². The van der Waals surface area contributed by atoms with Gasteiger partial charge in [0.25, 0.3) is 11.8 Å². The van der Waals surface area contributed by atoms with Crippen LogP contribution in [0.15, 0.2) is 17.4 Å². The molecule has 0 unspecified atom stereocenters. The number of nitrogens with two attached hydrogens (primary N) is 1. The van der Waals surface area contributed by atoms with Gasteiger partial charge in [-0.15, -0.1) is 5.10 Å². The van der Waals surface area contributed by atoms with E-state index in [0.29, 0.717) is 0 Å². The Morgan fingerprint density at radius 1 is 0.892 bits per heavy atom. The van der Waals surface area contributed by atoms with Crippen molar-refractivity contribution in [1.29, 1.82) is 0 Å². The van der Waals surface area contributed by atoms with Crippen LogP contribution in [0.25, 0.3) is 5.65 Å². The molecule has 0 fully saturated rings. The number of nitrogens with zero attached hydrogens (tertiary/aromatic N) is 7. The minimum Gasteiger partial charge on any atom is -0.383 e. The third kappa shape index (κ3) is 8.12. The fourth-order valence-corrected chi connectivity index (χ4v) is 2.66. The van der Waals surface area contributed by atoms with Crippen LogP contribution in [0.1, 0.15) is 77.4 Å². The van der Waals surface area contributed by atoms with E-state index in [1.165, 1.54) is 31.2 Å². The molecule has 0 spiro atoms. The van der Waals surface area contributed by atoms with E-state index in [4.69, 9.17) is 5.73 Å². The van der Waals surface area contributed by atoms with Crippen molar-refractivity contribution in [3.63, 3.8) is 0 Å². The number of nitrogen functional groups attached to an aromatic ring is 1. The third-order valence-electron chi connectivity index (χ3n) is 4.14. The van der Waals surface area contributed by atoms with Crippen molar-refractivity contribution >= 4 is 29.3 Å². The Kier molecular flexibility index (Phi) is 10.7. The van der Waals surface area contributed by atoms with Gasteiger partial charge in [0, 0.05) is 25.2 Å². The van der Waals surface area contributed by atoms with Crippen LogP contribution in [-0.4, -0.2) is 69.9 Å². The Hall–Kier alpha value is -4.30. The highest BCUT2D eigenvalue weighted by molar-refractivity contribution is 5.99. The molecule has 15 nitrogen and oxygen atoms in total. The summed E-state index contributed by atoms with van der Waals surface area (Å²) in [6.45, 7) is 11.1. The molecule has 37 heavy (non-hydrogen) atoms. The molecular formula is C22H39N11O4. The Labute approximate surface area is 215 Å². The number of fused-ring (bicyclic) bond motifs is 1. The number of nitrogens with one attached hydrogen (secondary N) is 3. The Morgan fingerprint density at radius 3 is 1.86 bits per heavy atom. The average Bonchev–Trinajstić information content (AvgIpc) is 3.32. The second-order valence-electron chi connectivity index (χ2n) is 9.59. The first-order valence-electron chi connectivity index (χ1n) is 10.5. The Balaban J connectivity index is 0.000000666. The number of carbonyl (C=O) groups is 3. The lowest BCUT2D eigenvalue weighted by Gasteiger charge is -2.19. The molecule has 0 aliphatic heterocycles. The number of anilines is 1. The number of aromatic nitrogens is 7. The summed E-state index contributed by atoms with van der Waals surface area (Å²) in [4.78, 5) is 54.6. The van der Waals surface area contributed by atoms with E-state index >= 15 is 0 Å². The van der Waals surface area contributed by atoms with Crippen molar-refractivity contribution in [3.8, 4) is 0 Å². The van der Waals surface area contributed by atoms with Crippen molar-refractivity contribution in [1.82, 2.24) is 49.9 Å². The molecule has 0 saturated heterocycles. The molecule has 0 aliphatic carbocycles. The third-order valence-corrected chi connectivity index (χ3v) is 4.14. The van der Waals surface area contributed by atoms with Crippen molar-refractivity contribution < 1.29 is 14.4 Å². The summed E-state index contributed by atoms with van der Waals surface area (Å²) in [5.74, 6) is -0.767. The van der Waals surface area contributed by atoms with E-state index in [9.17, 15) is 19.2 Å². The standard InChI is InChI=1S/C10H14N6O2.C10H17N5O2.2CH4/c1-10(2,3)12-8(17)6-7-13-14-15(4)9(18)16(7)5-11-6;1-10(2,3)14-8(16)6-7(11)15(5-13-6)9(17)12-4;;/h5H,1-4H3,(H,12,17);5H,11H2,1-4H3,(H,12,17)(H,14,16);2*1H4. The molecule has 3 aromatic rings. The van der Waals surface area contributed by atoms with Crippen LogP contribution < -0.4 is 27.4 Å². The molecule has 3 rings (SSSR count). The quantitative estimate of drug-likeness (QED) is 0.377. The first-order valence-corrected chi connectivity index (χ1v) is 10.5. The predicted octanol–water partition coefficient (Wildman–Crippen LogP) is 0.805. The van der Waals surface area contributed by atoms with E-state index in [1.807, 2.05) is 41.5 Å². The number of rotatable bonds is 2. The minimum absolute atomic E-state index is 0. The molecule has 5 N–H and O–H groups in total. The molecule has 15 heteroatoms. The number of hydrogen-bond acceptors (Lipinski definition) is 9. The zero-order chi connectivity index (χ0) is 26.7. The maximum Gasteiger partial charge on any atom is 0.352 e. The maximum absolute atomic E-state index is 12.0. The normalized spacial score (nSPS) is 10.8. The van der Waals surface area contributed by atoms with Gasteiger partial charge < -0.3 is 21.7 Å². The molecule has 0 bridgehead atoms. The second kappa shape index (κ2) is 12.1. The molecule has 0 aliphatic rings. The van der Waals surface area contributed by atoms with Crippen molar-refractivity contribution in [3.05, 3.63) is 34.5 Å². The molecular weight excluding hydrogens is 482 g/mol. The van der Waals surface area contributed by atoms with Gasteiger partial charge in [0.2, 0.25) is 0 Å². The highest BCUT2D eigenvalue weighted by atomic mass is 16.2. The summed E-state index contributed by atoms with van der Waals surface area (Å²) in [6.07, 6.45) is 2.48. The van der Waals surface area contributed by atoms with Gasteiger partial charge >= 0.3 is 11.7 Å². The van der Waals surface area contributed by atoms with Crippen LogP contribution in [-0.2, 0) is 7.05 Å². The number of imidazole rings is 2. The highest BCUT2D eigenvalue weighted by Crippen LogP contribution is 2.11. The van der Waals surface area contributed by atoms with Gasteiger partial charge in [-0.25, -0.2) is 28.5 Å². The van der Waals surface area contributed by atoms with Gasteiger partial charge in [0.1, 0.15) is 18.5 Å². The number of carbonyl (C=O) groups excluding carboxylic acids is 3. The van der Waals surface area contributed by atoms with Crippen molar-refractivity contribution in [2.45, 2.75) is 67.5 Å². The lowest BCUT2D eigenvalue weighted by molar-refractivity contribution is 0.0906. The fraction of sp³-hybridized carbons (Fsp3) is 0.545. The van der Waals surface area contributed by atoms with Crippen molar-refractivity contribution in [2.24, 2.45) is 7.05 Å². The van der Waals surface area contributed by atoms with Crippen LogP contribution in [0, 0.1) is 0 Å². The molecule has 206 valence electrons. The topological polar surface area (TPSA) is 196 Å². The summed E-state index contributed by atoms with van der Waals surface area (Å²) in [6, 6.07) is -0.440. The van der Waals surface area contributed by atoms with Gasteiger partial charge in [0.05, 0.1) is 0 Å². The van der Waals surface area contributed by atoms with Crippen LogP contribution in [0.2, 0.25) is 0 Å². The lowest BCUT2D eigenvalue weighted by Crippen LogP contribution is -2.41. The summed E-state index contributed by atoms with van der Waals surface area (Å²) in [5.41, 5.74) is 4.79. The lowest BCUT2D eigenvalue weighted by atomic mass is 10.1. The number of aryl methyl sites for hydroxylation is 1.